The molecule has 0 bridgehead atoms. The lowest BCUT2D eigenvalue weighted by Crippen LogP contribution is -2.07. The van der Waals surface area contributed by atoms with Gasteiger partial charge in [-0.3, -0.25) is 0 Å². The molecule has 0 aliphatic carbocycles. The average molecular weight is 151 g/mol. The molecule has 0 aliphatic heterocycles. The van der Waals surface area contributed by atoms with E-state index in [0.717, 1.165) is 11.1 Å². The molecule has 0 aliphatic rings. The van der Waals surface area contributed by atoms with Gasteiger partial charge in [0.2, 0.25) is 0 Å². The van der Waals surface area contributed by atoms with Crippen molar-refractivity contribution in [1.82, 2.24) is 0 Å². The van der Waals surface area contributed by atoms with Crippen LogP contribution >= 0.6 is 0 Å². The molecule has 2 nitrogen and oxygen atoms in total. The van der Waals surface area contributed by atoms with Gasteiger partial charge in [0.05, 0.1) is 6.61 Å². The van der Waals surface area contributed by atoms with Crippen LogP contribution < -0.4 is 5.73 Å². The van der Waals surface area contributed by atoms with Crippen molar-refractivity contribution in [3.05, 3.63) is 35.4 Å². The van der Waals surface area contributed by atoms with Gasteiger partial charge in [0.15, 0.2) is 0 Å². The molecule has 0 fully saturated rings. The molecule has 0 saturated heterocycles. The Bertz CT molecular complexity index is 233. The summed E-state index contributed by atoms with van der Waals surface area (Å²) in [6, 6.07) is 7.66. The van der Waals surface area contributed by atoms with E-state index < -0.39 is 0 Å². The summed E-state index contributed by atoms with van der Waals surface area (Å²) in [5.74, 6) is 0. The van der Waals surface area contributed by atoms with E-state index in [1.54, 1.807) is 0 Å². The third-order valence-electron chi connectivity index (χ3n) is 1.72. The minimum absolute atomic E-state index is 0.00153. The largest absolute Gasteiger partial charge is 0.392 e. The molecule has 0 heterocycles. The highest BCUT2D eigenvalue weighted by atomic mass is 16.3. The van der Waals surface area contributed by atoms with Crippen LogP contribution in [0, 0.1) is 0 Å². The van der Waals surface area contributed by atoms with E-state index in [4.69, 9.17) is 10.8 Å². The Morgan fingerprint density at radius 1 is 1.45 bits per heavy atom. The Morgan fingerprint density at radius 3 is 2.55 bits per heavy atom. The smallest absolute Gasteiger partial charge is 0.0685 e. The number of hydrogen-bond acceptors (Lipinski definition) is 2. The molecule has 2 heteroatoms. The van der Waals surface area contributed by atoms with Crippen molar-refractivity contribution in [3.63, 3.8) is 0 Å². The van der Waals surface area contributed by atoms with Crippen LogP contribution in [-0.2, 0) is 6.61 Å². The molecule has 0 saturated carbocycles. The predicted octanol–water partition coefficient (Wildman–Crippen LogP) is 1.20. The van der Waals surface area contributed by atoms with Gasteiger partial charge < -0.3 is 10.8 Å². The fourth-order valence-corrected chi connectivity index (χ4v) is 1.12. The number of aliphatic hydroxyl groups excluding tert-OH is 1. The standard InChI is InChI=1S/C9H13NO/c1-7(10)9-5-3-2-4-8(9)6-11/h2-5,7,11H,6,10H2,1H3/t7-/m0/s1. The fraction of sp³-hybridized carbons (Fsp3) is 0.333. The fourth-order valence-electron chi connectivity index (χ4n) is 1.12. The van der Waals surface area contributed by atoms with E-state index in [-0.39, 0.29) is 12.6 Å². The monoisotopic (exact) mass is 151 g/mol. The van der Waals surface area contributed by atoms with Gasteiger partial charge in [0, 0.05) is 6.04 Å². The number of aliphatic hydroxyl groups is 1. The first kappa shape index (κ1) is 8.24. The maximum Gasteiger partial charge on any atom is 0.0685 e. The van der Waals surface area contributed by atoms with E-state index in [9.17, 15) is 0 Å². The summed E-state index contributed by atoms with van der Waals surface area (Å²) >= 11 is 0. The second-order valence-electron chi connectivity index (χ2n) is 2.65. The van der Waals surface area contributed by atoms with E-state index in [2.05, 4.69) is 0 Å². The molecular weight excluding hydrogens is 138 g/mol. The molecule has 0 unspecified atom stereocenters. The first-order valence-electron chi connectivity index (χ1n) is 3.70. The van der Waals surface area contributed by atoms with Crippen molar-refractivity contribution in [2.45, 2.75) is 19.6 Å². The Hall–Kier alpha value is -0.860. The molecule has 11 heavy (non-hydrogen) atoms. The molecule has 0 aromatic heterocycles. The number of nitrogens with two attached hydrogens (primary N) is 1. The number of rotatable bonds is 2. The van der Waals surface area contributed by atoms with E-state index in [0.29, 0.717) is 0 Å². The summed E-state index contributed by atoms with van der Waals surface area (Å²) in [6.45, 7) is 1.98. The topological polar surface area (TPSA) is 46.2 Å². The van der Waals surface area contributed by atoms with Gasteiger partial charge in [-0.2, -0.15) is 0 Å². The van der Waals surface area contributed by atoms with Crippen molar-refractivity contribution in [3.8, 4) is 0 Å². The third-order valence-corrected chi connectivity index (χ3v) is 1.72. The second kappa shape index (κ2) is 3.51. The Labute approximate surface area is 66.7 Å². The van der Waals surface area contributed by atoms with E-state index in [1.165, 1.54) is 0 Å². The first-order chi connectivity index (χ1) is 5.25. The molecule has 1 atom stereocenters. The zero-order valence-corrected chi connectivity index (χ0v) is 6.62. The van der Waals surface area contributed by atoms with Gasteiger partial charge in [-0.25, -0.2) is 0 Å². The highest BCUT2D eigenvalue weighted by molar-refractivity contribution is 5.28. The van der Waals surface area contributed by atoms with Crippen molar-refractivity contribution in [2.75, 3.05) is 0 Å². The van der Waals surface area contributed by atoms with Crippen LogP contribution in [0.15, 0.2) is 24.3 Å². The summed E-state index contributed by atoms with van der Waals surface area (Å²) < 4.78 is 0. The summed E-state index contributed by atoms with van der Waals surface area (Å²) in [5, 5.41) is 8.91. The minimum Gasteiger partial charge on any atom is -0.392 e. The summed E-state index contributed by atoms with van der Waals surface area (Å²) in [4.78, 5) is 0. The molecule has 1 aromatic rings. The Morgan fingerprint density at radius 2 is 2.09 bits per heavy atom. The van der Waals surface area contributed by atoms with E-state index >= 15 is 0 Å². The van der Waals surface area contributed by atoms with Crippen molar-refractivity contribution < 1.29 is 5.11 Å². The SMILES string of the molecule is C[C@H](N)c1ccccc1CO. The van der Waals surface area contributed by atoms with Gasteiger partial charge in [-0.05, 0) is 18.1 Å². The molecule has 1 aromatic carbocycles. The highest BCUT2D eigenvalue weighted by Crippen LogP contribution is 2.14. The van der Waals surface area contributed by atoms with Crippen molar-refractivity contribution in [2.24, 2.45) is 5.73 Å². The summed E-state index contributed by atoms with van der Waals surface area (Å²) in [6.07, 6.45) is 0. The zero-order valence-electron chi connectivity index (χ0n) is 6.62. The number of hydrogen-bond donors (Lipinski definition) is 2. The van der Waals surface area contributed by atoms with Gasteiger partial charge in [-0.15, -0.1) is 0 Å². The van der Waals surface area contributed by atoms with Crippen LogP contribution in [0.2, 0.25) is 0 Å². The van der Waals surface area contributed by atoms with Crippen LogP contribution in [-0.4, -0.2) is 5.11 Å². The number of benzene rings is 1. The molecular formula is C9H13NO. The summed E-state index contributed by atoms with van der Waals surface area (Å²) in [5.41, 5.74) is 7.62. The molecule has 1 rings (SSSR count). The lowest BCUT2D eigenvalue weighted by atomic mass is 10.0. The third kappa shape index (κ3) is 1.79. The van der Waals surface area contributed by atoms with Gasteiger partial charge in [0.1, 0.15) is 0 Å². The first-order valence-corrected chi connectivity index (χ1v) is 3.70. The zero-order chi connectivity index (χ0) is 8.27. The molecule has 0 amide bonds. The van der Waals surface area contributed by atoms with Gasteiger partial charge in [0.25, 0.3) is 0 Å². The maximum atomic E-state index is 8.91. The van der Waals surface area contributed by atoms with Crippen LogP contribution in [0.25, 0.3) is 0 Å². The van der Waals surface area contributed by atoms with Gasteiger partial charge >= 0.3 is 0 Å². The molecule has 3 N–H and O–H groups in total. The molecule has 0 spiro atoms. The molecule has 60 valence electrons. The average Bonchev–Trinajstić information content (AvgIpc) is 2.04. The van der Waals surface area contributed by atoms with E-state index in [1.807, 2.05) is 31.2 Å². The quantitative estimate of drug-likeness (QED) is 0.667. The van der Waals surface area contributed by atoms with Crippen LogP contribution in [0.3, 0.4) is 0 Å². The predicted molar refractivity (Wildman–Crippen MR) is 45.0 cm³/mol. The normalized spacial score (nSPS) is 13.0. The van der Waals surface area contributed by atoms with Crippen molar-refractivity contribution in [1.29, 1.82) is 0 Å². The second-order valence-corrected chi connectivity index (χ2v) is 2.65. The Kier molecular flexibility index (Phi) is 2.63. The lowest BCUT2D eigenvalue weighted by molar-refractivity contribution is 0.280. The highest BCUT2D eigenvalue weighted by Gasteiger charge is 2.03. The minimum atomic E-state index is -0.00153. The molecule has 0 radical (unpaired) electrons. The Balaban J connectivity index is 3.02. The van der Waals surface area contributed by atoms with Crippen LogP contribution in [0.1, 0.15) is 24.1 Å². The van der Waals surface area contributed by atoms with Gasteiger partial charge in [-0.1, -0.05) is 24.3 Å². The van der Waals surface area contributed by atoms with Crippen LogP contribution in [0.4, 0.5) is 0 Å². The summed E-state index contributed by atoms with van der Waals surface area (Å²) in [7, 11) is 0. The lowest BCUT2D eigenvalue weighted by Gasteiger charge is -2.09. The van der Waals surface area contributed by atoms with Crippen molar-refractivity contribution >= 4 is 0 Å². The maximum absolute atomic E-state index is 8.91. The van der Waals surface area contributed by atoms with Crippen LogP contribution in [0.5, 0.6) is 0 Å².